The number of hydrogen-bond donors (Lipinski definition) is 0. The van der Waals surface area contributed by atoms with E-state index in [-0.39, 0.29) is 0 Å². The van der Waals surface area contributed by atoms with E-state index in [4.69, 9.17) is 4.74 Å². The van der Waals surface area contributed by atoms with Gasteiger partial charge in [0.2, 0.25) is 0 Å². The second-order valence-electron chi connectivity index (χ2n) is 5.97. The molecule has 0 spiro atoms. The van der Waals surface area contributed by atoms with Crippen molar-refractivity contribution in [1.82, 2.24) is 4.98 Å². The number of pyridine rings is 1. The van der Waals surface area contributed by atoms with Gasteiger partial charge in [0.1, 0.15) is 18.4 Å². The molecule has 0 amide bonds. The van der Waals surface area contributed by atoms with Crippen LogP contribution in [0, 0.1) is 0 Å². The first-order valence-corrected chi connectivity index (χ1v) is 6.95. The SMILES string of the molecule is C[N+]1(C)CCC[C@@H]1COc1ccc2ncccc2c1. The Morgan fingerprint density at radius 2 is 2.21 bits per heavy atom. The minimum Gasteiger partial charge on any atom is -0.487 e. The van der Waals surface area contributed by atoms with Gasteiger partial charge in [-0.1, -0.05) is 6.07 Å². The number of nitrogens with zero attached hydrogens (tertiary/aromatic N) is 2. The fourth-order valence-electron chi connectivity index (χ4n) is 2.89. The maximum Gasteiger partial charge on any atom is 0.140 e. The summed E-state index contributed by atoms with van der Waals surface area (Å²) in [7, 11) is 4.59. The molecular weight excluding hydrogens is 236 g/mol. The maximum atomic E-state index is 5.99. The molecule has 1 atom stereocenters. The standard InChI is InChI=1S/C16H21N2O/c1-18(2)10-4-6-14(18)12-19-15-7-8-16-13(11-15)5-3-9-17-16/h3,5,7-9,11,14H,4,6,10,12H2,1-2H3/q+1/t14-/m1/s1. The smallest absolute Gasteiger partial charge is 0.140 e. The first-order valence-electron chi connectivity index (χ1n) is 6.95. The summed E-state index contributed by atoms with van der Waals surface area (Å²) in [5.41, 5.74) is 1.02. The average molecular weight is 257 g/mol. The second-order valence-corrected chi connectivity index (χ2v) is 5.97. The van der Waals surface area contributed by atoms with Gasteiger partial charge in [0.15, 0.2) is 0 Å². The first kappa shape index (κ1) is 12.4. The van der Waals surface area contributed by atoms with Crippen LogP contribution in [0.1, 0.15) is 12.8 Å². The molecule has 3 nitrogen and oxygen atoms in total. The number of quaternary nitrogens is 1. The fraction of sp³-hybridized carbons (Fsp3) is 0.438. The lowest BCUT2D eigenvalue weighted by Crippen LogP contribution is -2.46. The van der Waals surface area contributed by atoms with Crippen molar-refractivity contribution in [2.24, 2.45) is 0 Å². The van der Waals surface area contributed by atoms with Crippen molar-refractivity contribution in [1.29, 1.82) is 0 Å². The number of likely N-dealkylation sites (N-methyl/N-ethyl adjacent to an activating group) is 1. The van der Waals surface area contributed by atoms with Gasteiger partial charge in [-0.25, -0.2) is 0 Å². The number of ether oxygens (including phenoxy) is 1. The predicted octanol–water partition coefficient (Wildman–Crippen LogP) is 2.85. The van der Waals surface area contributed by atoms with Crippen LogP contribution in [-0.2, 0) is 0 Å². The summed E-state index contributed by atoms with van der Waals surface area (Å²) in [6.07, 6.45) is 4.40. The zero-order valence-corrected chi connectivity index (χ0v) is 11.7. The van der Waals surface area contributed by atoms with Crippen LogP contribution < -0.4 is 4.74 Å². The van der Waals surface area contributed by atoms with Crippen LogP contribution in [-0.4, -0.2) is 42.8 Å². The van der Waals surface area contributed by atoms with E-state index in [2.05, 4.69) is 31.2 Å². The molecule has 19 heavy (non-hydrogen) atoms. The topological polar surface area (TPSA) is 22.1 Å². The number of rotatable bonds is 3. The van der Waals surface area contributed by atoms with Gasteiger partial charge in [0, 0.05) is 24.4 Å². The van der Waals surface area contributed by atoms with E-state index in [9.17, 15) is 0 Å². The number of likely N-dealkylation sites (tertiary alicyclic amines) is 1. The molecule has 3 rings (SSSR count). The van der Waals surface area contributed by atoms with E-state index >= 15 is 0 Å². The third kappa shape index (κ3) is 2.56. The number of aromatic nitrogens is 1. The highest BCUT2D eigenvalue weighted by Gasteiger charge is 2.34. The highest BCUT2D eigenvalue weighted by molar-refractivity contribution is 5.79. The normalized spacial score (nSPS) is 21.7. The predicted molar refractivity (Wildman–Crippen MR) is 77.2 cm³/mol. The summed E-state index contributed by atoms with van der Waals surface area (Å²) in [6, 6.07) is 10.8. The molecule has 1 aromatic carbocycles. The maximum absolute atomic E-state index is 5.99. The Bertz CT molecular complexity index is 580. The fourth-order valence-corrected chi connectivity index (χ4v) is 2.89. The van der Waals surface area contributed by atoms with Gasteiger partial charge in [-0.05, 0) is 24.3 Å². The molecule has 0 unspecified atom stereocenters. The Hall–Kier alpha value is -1.61. The minimum atomic E-state index is 0.615. The van der Waals surface area contributed by atoms with Crippen LogP contribution in [0.2, 0.25) is 0 Å². The van der Waals surface area contributed by atoms with Gasteiger partial charge in [0.05, 0.1) is 26.2 Å². The van der Waals surface area contributed by atoms with E-state index in [0.29, 0.717) is 6.04 Å². The van der Waals surface area contributed by atoms with Crippen molar-refractivity contribution in [2.45, 2.75) is 18.9 Å². The van der Waals surface area contributed by atoms with Gasteiger partial charge in [-0.15, -0.1) is 0 Å². The van der Waals surface area contributed by atoms with Gasteiger partial charge in [-0.3, -0.25) is 4.98 Å². The number of fused-ring (bicyclic) bond motifs is 1. The second kappa shape index (κ2) is 4.82. The highest BCUT2D eigenvalue weighted by Crippen LogP contribution is 2.24. The first-order chi connectivity index (χ1) is 9.15. The Morgan fingerprint density at radius 1 is 1.32 bits per heavy atom. The van der Waals surface area contributed by atoms with Gasteiger partial charge in [-0.2, -0.15) is 0 Å². The van der Waals surface area contributed by atoms with E-state index < -0.39 is 0 Å². The molecule has 3 heteroatoms. The Morgan fingerprint density at radius 3 is 3.00 bits per heavy atom. The third-order valence-corrected chi connectivity index (χ3v) is 4.28. The summed E-state index contributed by atoms with van der Waals surface area (Å²) in [5.74, 6) is 0.951. The summed E-state index contributed by atoms with van der Waals surface area (Å²) < 4.78 is 7.07. The minimum absolute atomic E-state index is 0.615. The quantitative estimate of drug-likeness (QED) is 0.789. The van der Waals surface area contributed by atoms with Crippen molar-refractivity contribution in [2.75, 3.05) is 27.2 Å². The largest absolute Gasteiger partial charge is 0.487 e. The van der Waals surface area contributed by atoms with Crippen LogP contribution in [0.25, 0.3) is 10.9 Å². The third-order valence-electron chi connectivity index (χ3n) is 4.28. The summed E-state index contributed by atoms with van der Waals surface area (Å²) in [5, 5.41) is 1.14. The summed E-state index contributed by atoms with van der Waals surface area (Å²) in [4.78, 5) is 4.32. The molecule has 0 N–H and O–H groups in total. The number of benzene rings is 1. The monoisotopic (exact) mass is 257 g/mol. The molecule has 0 saturated carbocycles. The van der Waals surface area contributed by atoms with E-state index in [1.165, 1.54) is 19.4 Å². The van der Waals surface area contributed by atoms with Crippen molar-refractivity contribution >= 4 is 10.9 Å². The average Bonchev–Trinajstić information content (AvgIpc) is 2.75. The Kier molecular flexibility index (Phi) is 3.15. The molecule has 2 heterocycles. The Balaban J connectivity index is 1.72. The molecule has 0 aliphatic carbocycles. The molecule has 1 aliphatic rings. The molecule has 1 saturated heterocycles. The van der Waals surface area contributed by atoms with Crippen LogP contribution in [0.15, 0.2) is 36.5 Å². The van der Waals surface area contributed by atoms with E-state index in [1.807, 2.05) is 24.4 Å². The zero-order valence-electron chi connectivity index (χ0n) is 11.7. The van der Waals surface area contributed by atoms with Crippen LogP contribution in [0.5, 0.6) is 5.75 Å². The summed E-state index contributed by atoms with van der Waals surface area (Å²) in [6.45, 7) is 2.06. The van der Waals surface area contributed by atoms with Gasteiger partial charge < -0.3 is 9.22 Å². The van der Waals surface area contributed by atoms with E-state index in [0.717, 1.165) is 27.7 Å². The zero-order chi connectivity index (χ0) is 13.3. The van der Waals surface area contributed by atoms with Crippen LogP contribution >= 0.6 is 0 Å². The molecule has 1 fully saturated rings. The lowest BCUT2D eigenvalue weighted by molar-refractivity contribution is -0.902. The van der Waals surface area contributed by atoms with Crippen molar-refractivity contribution in [3.8, 4) is 5.75 Å². The van der Waals surface area contributed by atoms with Crippen molar-refractivity contribution in [3.63, 3.8) is 0 Å². The van der Waals surface area contributed by atoms with E-state index in [1.54, 1.807) is 0 Å². The lowest BCUT2D eigenvalue weighted by atomic mass is 10.2. The summed E-state index contributed by atoms with van der Waals surface area (Å²) >= 11 is 0. The molecule has 2 aromatic rings. The van der Waals surface area contributed by atoms with Crippen LogP contribution in [0.4, 0.5) is 0 Å². The van der Waals surface area contributed by atoms with Gasteiger partial charge in [0.25, 0.3) is 0 Å². The number of hydrogen-bond acceptors (Lipinski definition) is 2. The van der Waals surface area contributed by atoms with Crippen LogP contribution in [0.3, 0.4) is 0 Å². The molecular formula is C16H21N2O+. The Labute approximate surface area is 114 Å². The molecule has 1 aliphatic heterocycles. The highest BCUT2D eigenvalue weighted by atomic mass is 16.5. The lowest BCUT2D eigenvalue weighted by Gasteiger charge is -2.31. The molecule has 1 aromatic heterocycles. The molecule has 100 valence electrons. The van der Waals surface area contributed by atoms with Crippen molar-refractivity contribution in [3.05, 3.63) is 36.5 Å². The molecule has 0 radical (unpaired) electrons. The van der Waals surface area contributed by atoms with Gasteiger partial charge >= 0.3 is 0 Å². The molecule has 0 bridgehead atoms. The van der Waals surface area contributed by atoms with Crippen molar-refractivity contribution < 1.29 is 9.22 Å².